The van der Waals surface area contributed by atoms with Crippen LogP contribution in [0.5, 0.6) is 0 Å². The van der Waals surface area contributed by atoms with E-state index in [0.29, 0.717) is 13.0 Å². The predicted molar refractivity (Wildman–Crippen MR) is 77.9 cm³/mol. The average Bonchev–Trinajstić information content (AvgIpc) is 2.66. The van der Waals surface area contributed by atoms with E-state index < -0.39 is 21.3 Å². The van der Waals surface area contributed by atoms with Crippen LogP contribution in [-0.4, -0.2) is 41.2 Å². The first kappa shape index (κ1) is 15.7. The molecule has 0 unspecified atom stereocenters. The molecule has 7 nitrogen and oxygen atoms in total. The number of aromatic nitrogens is 2. The molecule has 1 fully saturated rings. The molecule has 1 aromatic heterocycles. The molecule has 2 heterocycles. The van der Waals surface area contributed by atoms with Crippen LogP contribution in [0.2, 0.25) is 0 Å². The van der Waals surface area contributed by atoms with E-state index >= 15 is 0 Å². The highest BCUT2D eigenvalue weighted by Gasteiger charge is 2.39. The van der Waals surface area contributed by atoms with Gasteiger partial charge >= 0.3 is 0 Å². The lowest BCUT2D eigenvalue weighted by atomic mass is 10.0. The molecule has 1 aliphatic heterocycles. The average molecular weight is 313 g/mol. The van der Waals surface area contributed by atoms with Gasteiger partial charge in [-0.3, -0.25) is 9.59 Å². The van der Waals surface area contributed by atoms with Gasteiger partial charge in [0.1, 0.15) is 5.69 Å². The summed E-state index contributed by atoms with van der Waals surface area (Å²) in [6.45, 7) is 4.05. The highest BCUT2D eigenvalue weighted by atomic mass is 32.2. The van der Waals surface area contributed by atoms with Gasteiger partial charge in [-0.2, -0.15) is 5.10 Å². The van der Waals surface area contributed by atoms with Crippen LogP contribution in [-0.2, 0) is 16.4 Å². The molecule has 21 heavy (non-hydrogen) atoms. The van der Waals surface area contributed by atoms with E-state index in [4.69, 9.17) is 0 Å². The molecule has 1 saturated heterocycles. The van der Waals surface area contributed by atoms with Crippen molar-refractivity contribution in [2.45, 2.75) is 38.8 Å². The minimum Gasteiger partial charge on any atom is -0.344 e. The highest BCUT2D eigenvalue weighted by molar-refractivity contribution is 7.91. The van der Waals surface area contributed by atoms with Gasteiger partial charge < -0.3 is 5.32 Å². The van der Waals surface area contributed by atoms with Crippen molar-refractivity contribution in [1.82, 2.24) is 15.1 Å². The van der Waals surface area contributed by atoms with Crippen molar-refractivity contribution in [2.24, 2.45) is 0 Å². The highest BCUT2D eigenvalue weighted by Crippen LogP contribution is 2.23. The first-order valence-corrected chi connectivity index (χ1v) is 8.68. The molecule has 1 aliphatic rings. The van der Waals surface area contributed by atoms with E-state index in [-0.39, 0.29) is 22.8 Å². The molecule has 8 heteroatoms. The summed E-state index contributed by atoms with van der Waals surface area (Å²) < 4.78 is 24.3. The Morgan fingerprint density at radius 3 is 2.76 bits per heavy atom. The van der Waals surface area contributed by atoms with Crippen molar-refractivity contribution in [3.05, 3.63) is 28.2 Å². The normalized spacial score (nSPS) is 23.9. The van der Waals surface area contributed by atoms with Crippen LogP contribution in [0.25, 0.3) is 0 Å². The second kappa shape index (κ2) is 5.59. The Hall–Kier alpha value is -1.70. The van der Waals surface area contributed by atoms with Crippen molar-refractivity contribution in [3.63, 3.8) is 0 Å². The third-order valence-corrected chi connectivity index (χ3v) is 5.36. The molecule has 1 amide bonds. The smallest absolute Gasteiger partial charge is 0.272 e. The standard InChI is InChI=1S/C13H19N3O4S/c1-3-7-16-11(17)5-4-10(15-16)12(18)14-13(2)6-8-21(19,20)9-13/h4-5H,3,6-9H2,1-2H3,(H,14,18)/t13-/m0/s1. The van der Waals surface area contributed by atoms with Crippen molar-refractivity contribution in [2.75, 3.05) is 11.5 Å². The minimum absolute atomic E-state index is 0.0691. The van der Waals surface area contributed by atoms with E-state index in [1.807, 2.05) is 6.92 Å². The molecule has 116 valence electrons. The fourth-order valence-corrected chi connectivity index (χ4v) is 4.48. The molecule has 2 rings (SSSR count). The summed E-state index contributed by atoms with van der Waals surface area (Å²) in [5.41, 5.74) is -0.916. The number of hydrogen-bond acceptors (Lipinski definition) is 5. The molecule has 1 aromatic rings. The van der Waals surface area contributed by atoms with Crippen molar-refractivity contribution in [1.29, 1.82) is 0 Å². The zero-order valence-electron chi connectivity index (χ0n) is 12.1. The lowest BCUT2D eigenvalue weighted by molar-refractivity contribution is 0.0907. The van der Waals surface area contributed by atoms with Crippen molar-refractivity contribution < 1.29 is 13.2 Å². The van der Waals surface area contributed by atoms with Crippen LogP contribution in [0.1, 0.15) is 37.2 Å². The first-order valence-electron chi connectivity index (χ1n) is 6.86. The molecule has 0 saturated carbocycles. The van der Waals surface area contributed by atoms with Gasteiger partial charge in [0.2, 0.25) is 0 Å². The monoisotopic (exact) mass is 313 g/mol. The van der Waals surface area contributed by atoms with Gasteiger partial charge in [0.05, 0.1) is 17.0 Å². The fourth-order valence-electron chi connectivity index (χ4n) is 2.39. The summed E-state index contributed by atoms with van der Waals surface area (Å²) in [5.74, 6) is -0.452. The quantitative estimate of drug-likeness (QED) is 0.841. The van der Waals surface area contributed by atoms with Crippen LogP contribution >= 0.6 is 0 Å². The van der Waals surface area contributed by atoms with Crippen LogP contribution in [0, 0.1) is 0 Å². The van der Waals surface area contributed by atoms with E-state index in [1.54, 1.807) is 6.92 Å². The summed E-state index contributed by atoms with van der Waals surface area (Å²) >= 11 is 0. The Balaban J connectivity index is 2.18. The van der Waals surface area contributed by atoms with E-state index in [0.717, 1.165) is 6.42 Å². The SMILES string of the molecule is CCCn1nc(C(=O)N[C@@]2(C)CCS(=O)(=O)C2)ccc1=O. The fraction of sp³-hybridized carbons (Fsp3) is 0.615. The molecule has 0 radical (unpaired) electrons. The van der Waals surface area contributed by atoms with Gasteiger partial charge in [-0.1, -0.05) is 6.92 Å². The van der Waals surface area contributed by atoms with E-state index in [2.05, 4.69) is 10.4 Å². The number of carbonyl (C=O) groups excluding carboxylic acids is 1. The third kappa shape index (κ3) is 3.69. The molecule has 1 N–H and O–H groups in total. The number of rotatable bonds is 4. The number of carbonyl (C=O) groups is 1. The van der Waals surface area contributed by atoms with Gasteiger partial charge in [-0.05, 0) is 25.8 Å². The molecule has 0 spiro atoms. The summed E-state index contributed by atoms with van der Waals surface area (Å²) in [5, 5.41) is 6.73. The molecule has 0 aliphatic carbocycles. The largest absolute Gasteiger partial charge is 0.344 e. The van der Waals surface area contributed by atoms with E-state index in [9.17, 15) is 18.0 Å². The maximum atomic E-state index is 12.2. The number of nitrogens with one attached hydrogen (secondary N) is 1. The van der Waals surface area contributed by atoms with Gasteiger partial charge in [0.25, 0.3) is 11.5 Å². The lowest BCUT2D eigenvalue weighted by Gasteiger charge is -2.23. The van der Waals surface area contributed by atoms with Gasteiger partial charge in [0.15, 0.2) is 9.84 Å². The Morgan fingerprint density at radius 2 is 2.19 bits per heavy atom. The Bertz CT molecular complexity index is 710. The second-order valence-electron chi connectivity index (χ2n) is 5.64. The Kier molecular flexibility index (Phi) is 4.18. The van der Waals surface area contributed by atoms with Crippen LogP contribution in [0.15, 0.2) is 16.9 Å². The van der Waals surface area contributed by atoms with E-state index in [1.165, 1.54) is 16.8 Å². The lowest BCUT2D eigenvalue weighted by Crippen LogP contribution is -2.47. The van der Waals surface area contributed by atoms with Gasteiger partial charge in [-0.25, -0.2) is 13.1 Å². The maximum absolute atomic E-state index is 12.2. The summed E-state index contributed by atoms with van der Waals surface area (Å²) in [6, 6.07) is 2.65. The molecular weight excluding hydrogens is 294 g/mol. The Labute approximate surface area is 123 Å². The van der Waals surface area contributed by atoms with Crippen molar-refractivity contribution in [3.8, 4) is 0 Å². The zero-order chi connectivity index (χ0) is 15.7. The molecule has 0 bridgehead atoms. The number of sulfone groups is 1. The summed E-state index contributed by atoms with van der Waals surface area (Å²) in [4.78, 5) is 23.8. The van der Waals surface area contributed by atoms with Gasteiger partial charge in [-0.15, -0.1) is 0 Å². The van der Waals surface area contributed by atoms with Crippen LogP contribution in [0.3, 0.4) is 0 Å². The van der Waals surface area contributed by atoms with Gasteiger partial charge in [0, 0.05) is 12.6 Å². The van der Waals surface area contributed by atoms with Crippen molar-refractivity contribution >= 4 is 15.7 Å². The first-order chi connectivity index (χ1) is 9.75. The topological polar surface area (TPSA) is 98.1 Å². The maximum Gasteiger partial charge on any atom is 0.272 e. The minimum atomic E-state index is -3.10. The Morgan fingerprint density at radius 1 is 1.48 bits per heavy atom. The molecule has 0 aromatic carbocycles. The number of amides is 1. The predicted octanol–water partition coefficient (Wildman–Crippen LogP) is -0.0397. The van der Waals surface area contributed by atoms with Crippen LogP contribution in [0.4, 0.5) is 0 Å². The summed E-state index contributed by atoms with van der Waals surface area (Å²) in [6.07, 6.45) is 1.11. The zero-order valence-corrected chi connectivity index (χ0v) is 12.9. The third-order valence-electron chi connectivity index (χ3n) is 3.45. The second-order valence-corrected chi connectivity index (χ2v) is 7.82. The number of hydrogen-bond donors (Lipinski definition) is 1. The summed E-state index contributed by atoms with van der Waals surface area (Å²) in [7, 11) is -3.10. The molecular formula is C13H19N3O4S. The molecule has 1 atom stereocenters. The number of nitrogens with zero attached hydrogens (tertiary/aromatic N) is 2. The number of aryl methyl sites for hydroxylation is 1. The van der Waals surface area contributed by atoms with Crippen LogP contribution < -0.4 is 10.9 Å².